The fourth-order valence-corrected chi connectivity index (χ4v) is 6.25. The van der Waals surface area contributed by atoms with Gasteiger partial charge in [0.2, 0.25) is 11.8 Å². The van der Waals surface area contributed by atoms with Crippen LogP contribution in [-0.2, 0) is 9.59 Å². The van der Waals surface area contributed by atoms with Crippen molar-refractivity contribution in [2.75, 3.05) is 32.7 Å². The predicted octanol–water partition coefficient (Wildman–Crippen LogP) is 3.40. The van der Waals surface area contributed by atoms with Gasteiger partial charge in [0.1, 0.15) is 6.04 Å². The summed E-state index contributed by atoms with van der Waals surface area (Å²) >= 11 is 0. The molecular weight excluding hydrogens is 532 g/mol. The van der Waals surface area contributed by atoms with E-state index in [1.807, 2.05) is 71.8 Å². The average Bonchev–Trinajstić information content (AvgIpc) is 3.77. The van der Waals surface area contributed by atoms with E-state index in [-0.39, 0.29) is 42.2 Å². The first-order chi connectivity index (χ1) is 20.4. The first-order valence-electron chi connectivity index (χ1n) is 14.9. The maximum absolute atomic E-state index is 13.8. The molecule has 2 saturated heterocycles. The number of piperidine rings is 1. The Bertz CT molecular complexity index is 1470. The molecule has 0 bridgehead atoms. The highest BCUT2D eigenvalue weighted by Gasteiger charge is 2.40. The summed E-state index contributed by atoms with van der Waals surface area (Å²) in [6.07, 6.45) is 5.30. The molecule has 3 aromatic rings. The fourth-order valence-electron chi connectivity index (χ4n) is 6.25. The number of aromatic nitrogens is 2. The number of nitrogens with zero attached hydrogens (tertiary/aromatic N) is 4. The molecular formula is C32H38N6O4. The highest BCUT2D eigenvalue weighted by atomic mass is 16.2. The standard InChI is InChI=1S/C32H38N6O4/c1-22(39)37-20-28(30(40)36(18-23-12-13-23)21-29(37)25-10-6-3-7-11-25)34-31(41)35-16-14-26(15-17-35)38-19-27(33-32(38)42)24-8-4-2-5-9-24/h2-11,19,23,26,28-29H,12-18,20-21H2,1H3,(H,33,42)(H,34,41). The molecule has 6 rings (SSSR count). The van der Waals surface area contributed by atoms with Crippen molar-refractivity contribution in [2.24, 2.45) is 5.92 Å². The molecule has 10 nitrogen and oxygen atoms in total. The quantitative estimate of drug-likeness (QED) is 0.473. The van der Waals surface area contributed by atoms with E-state index in [0.29, 0.717) is 44.9 Å². The van der Waals surface area contributed by atoms with Gasteiger partial charge in [-0.3, -0.25) is 14.2 Å². The maximum atomic E-state index is 13.8. The maximum Gasteiger partial charge on any atom is 0.326 e. The van der Waals surface area contributed by atoms with Gasteiger partial charge in [-0.2, -0.15) is 0 Å². The molecule has 1 aromatic heterocycles. The number of hydrogen-bond donors (Lipinski definition) is 2. The molecule has 1 saturated carbocycles. The van der Waals surface area contributed by atoms with E-state index in [4.69, 9.17) is 0 Å². The number of H-pyrrole nitrogens is 1. The lowest BCUT2D eigenvalue weighted by atomic mass is 10.0. The summed E-state index contributed by atoms with van der Waals surface area (Å²) in [5.41, 5.74) is 2.54. The van der Waals surface area contributed by atoms with Crippen molar-refractivity contribution in [2.45, 2.75) is 50.7 Å². The van der Waals surface area contributed by atoms with Gasteiger partial charge in [0, 0.05) is 45.3 Å². The topological polar surface area (TPSA) is 111 Å². The third kappa shape index (κ3) is 5.98. The van der Waals surface area contributed by atoms with Crippen LogP contribution in [0.25, 0.3) is 11.3 Å². The minimum atomic E-state index is -0.827. The molecule has 42 heavy (non-hydrogen) atoms. The van der Waals surface area contributed by atoms with Crippen molar-refractivity contribution in [3.05, 3.63) is 82.9 Å². The van der Waals surface area contributed by atoms with Crippen LogP contribution in [0.2, 0.25) is 0 Å². The number of carbonyl (C=O) groups excluding carboxylic acids is 3. The van der Waals surface area contributed by atoms with E-state index in [9.17, 15) is 19.2 Å². The lowest BCUT2D eigenvalue weighted by molar-refractivity contribution is -0.132. The summed E-state index contributed by atoms with van der Waals surface area (Å²) in [5, 5.41) is 2.98. The number of urea groups is 1. The van der Waals surface area contributed by atoms with Crippen molar-refractivity contribution in [3.63, 3.8) is 0 Å². The van der Waals surface area contributed by atoms with E-state index >= 15 is 0 Å². The van der Waals surface area contributed by atoms with E-state index < -0.39 is 6.04 Å². The average molecular weight is 571 g/mol. The highest BCUT2D eigenvalue weighted by Crippen LogP contribution is 2.33. The zero-order valence-corrected chi connectivity index (χ0v) is 23.9. The Morgan fingerprint density at radius 1 is 0.905 bits per heavy atom. The minimum absolute atomic E-state index is 0.0244. The number of aromatic amines is 1. The van der Waals surface area contributed by atoms with E-state index in [1.54, 1.807) is 14.4 Å². The van der Waals surface area contributed by atoms with Gasteiger partial charge in [-0.1, -0.05) is 60.7 Å². The number of imidazole rings is 1. The summed E-state index contributed by atoms with van der Waals surface area (Å²) in [7, 11) is 0. The van der Waals surface area contributed by atoms with Crippen LogP contribution in [0.3, 0.4) is 0 Å². The third-order valence-corrected chi connectivity index (χ3v) is 8.79. The number of benzene rings is 2. The van der Waals surface area contributed by atoms with Crippen molar-refractivity contribution in [3.8, 4) is 11.3 Å². The van der Waals surface area contributed by atoms with E-state index in [0.717, 1.165) is 29.7 Å². The summed E-state index contributed by atoms with van der Waals surface area (Å²) in [6, 6.07) is 18.1. The minimum Gasteiger partial charge on any atom is -0.338 e. The van der Waals surface area contributed by atoms with E-state index in [2.05, 4.69) is 10.3 Å². The van der Waals surface area contributed by atoms with Crippen LogP contribution in [0.4, 0.5) is 4.79 Å². The van der Waals surface area contributed by atoms with Crippen molar-refractivity contribution < 1.29 is 14.4 Å². The van der Waals surface area contributed by atoms with Crippen molar-refractivity contribution in [1.82, 2.24) is 29.6 Å². The molecule has 2 unspecified atom stereocenters. The predicted molar refractivity (Wildman–Crippen MR) is 159 cm³/mol. The number of carbonyl (C=O) groups is 3. The lowest BCUT2D eigenvalue weighted by Crippen LogP contribution is -2.55. The third-order valence-electron chi connectivity index (χ3n) is 8.79. The molecule has 4 amide bonds. The van der Waals surface area contributed by atoms with Crippen LogP contribution in [0, 0.1) is 5.92 Å². The Balaban J connectivity index is 1.14. The Morgan fingerprint density at radius 3 is 2.21 bits per heavy atom. The zero-order valence-electron chi connectivity index (χ0n) is 23.9. The Labute approximate surface area is 245 Å². The Hall–Kier alpha value is -4.34. The van der Waals surface area contributed by atoms with E-state index in [1.165, 1.54) is 6.92 Å². The summed E-state index contributed by atoms with van der Waals surface area (Å²) < 4.78 is 1.73. The number of nitrogens with one attached hydrogen (secondary N) is 2. The van der Waals surface area contributed by atoms with Crippen LogP contribution in [0.15, 0.2) is 71.7 Å². The number of likely N-dealkylation sites (tertiary alicyclic amines) is 1. The molecule has 2 N–H and O–H groups in total. The molecule has 2 aromatic carbocycles. The largest absolute Gasteiger partial charge is 0.338 e. The summed E-state index contributed by atoms with van der Waals surface area (Å²) in [4.78, 5) is 61.0. The second-order valence-electron chi connectivity index (χ2n) is 11.8. The second-order valence-corrected chi connectivity index (χ2v) is 11.8. The fraction of sp³-hybridized carbons (Fsp3) is 0.438. The molecule has 0 radical (unpaired) electrons. The SMILES string of the molecule is CC(=O)N1CC(NC(=O)N2CCC(n3cc(-c4ccccc4)[nH]c3=O)CC2)C(=O)N(CC2CC2)CC1c1ccccc1. The Kier molecular flexibility index (Phi) is 7.86. The van der Waals surface area contributed by atoms with Crippen molar-refractivity contribution >= 4 is 17.8 Å². The van der Waals surface area contributed by atoms with Crippen LogP contribution < -0.4 is 11.0 Å². The molecule has 3 fully saturated rings. The van der Waals surface area contributed by atoms with Gasteiger partial charge in [-0.05, 0) is 42.7 Å². The zero-order chi connectivity index (χ0) is 29.2. The normalized spacial score (nSPS) is 21.7. The molecule has 3 heterocycles. The smallest absolute Gasteiger partial charge is 0.326 e. The van der Waals surface area contributed by atoms with Gasteiger partial charge in [0.05, 0.1) is 18.3 Å². The van der Waals surface area contributed by atoms with Gasteiger partial charge in [0.15, 0.2) is 0 Å². The number of rotatable bonds is 6. The number of hydrogen-bond acceptors (Lipinski definition) is 4. The second kappa shape index (κ2) is 11.9. The van der Waals surface area contributed by atoms with Crippen molar-refractivity contribution in [1.29, 1.82) is 0 Å². The molecule has 0 spiro atoms. The van der Waals surface area contributed by atoms with Gasteiger partial charge in [0.25, 0.3) is 0 Å². The Morgan fingerprint density at radius 2 is 1.57 bits per heavy atom. The van der Waals surface area contributed by atoms with Crippen LogP contribution in [0.1, 0.15) is 50.3 Å². The van der Waals surface area contributed by atoms with Gasteiger partial charge < -0.3 is 25.0 Å². The van der Waals surface area contributed by atoms with Crippen LogP contribution >= 0.6 is 0 Å². The molecule has 1 aliphatic carbocycles. The first-order valence-corrected chi connectivity index (χ1v) is 14.9. The number of amides is 4. The molecule has 2 atom stereocenters. The monoisotopic (exact) mass is 570 g/mol. The van der Waals surface area contributed by atoms with Gasteiger partial charge in [-0.25, -0.2) is 9.59 Å². The molecule has 2 aliphatic heterocycles. The van der Waals surface area contributed by atoms with Gasteiger partial charge in [-0.15, -0.1) is 0 Å². The lowest BCUT2D eigenvalue weighted by Gasteiger charge is -2.34. The van der Waals surface area contributed by atoms with Gasteiger partial charge >= 0.3 is 11.7 Å². The highest BCUT2D eigenvalue weighted by molar-refractivity contribution is 5.89. The van der Waals surface area contributed by atoms with Crippen LogP contribution in [-0.4, -0.2) is 80.9 Å². The first kappa shape index (κ1) is 27.8. The summed E-state index contributed by atoms with van der Waals surface area (Å²) in [5.74, 6) is 0.211. The molecule has 10 heteroatoms. The molecule has 3 aliphatic rings. The molecule has 220 valence electrons. The summed E-state index contributed by atoms with van der Waals surface area (Å²) in [6.45, 7) is 3.62. The van der Waals surface area contributed by atoms with Crippen LogP contribution in [0.5, 0.6) is 0 Å².